The molecule has 170 valence electrons. The zero-order chi connectivity index (χ0) is 24.1. The summed E-state index contributed by atoms with van der Waals surface area (Å²) in [6, 6.07) is 8.45. The van der Waals surface area contributed by atoms with Crippen molar-refractivity contribution >= 4 is 32.6 Å². The van der Waals surface area contributed by atoms with E-state index in [1.54, 1.807) is 25.1 Å². The molecule has 12 heteroatoms. The van der Waals surface area contributed by atoms with Crippen LogP contribution in [0.2, 0.25) is 5.02 Å². The standard InChI is InChI=1S/C21H10ClF5N2O3S/c1-9-6-10(22)2-4-12(9)20-13-5-3-11(7-14(13)28-8-29-20)33(30,31)32-21-18(26)16(24)15(23)17(25)19(21)27/h2-8H,1H3. The molecule has 0 aliphatic rings. The molecule has 4 aromatic rings. The van der Waals surface area contributed by atoms with Crippen LogP contribution < -0.4 is 4.18 Å². The third-order valence-electron chi connectivity index (χ3n) is 4.70. The predicted octanol–water partition coefficient (Wildman–Crippen LogP) is 5.72. The maximum absolute atomic E-state index is 13.9. The lowest BCUT2D eigenvalue weighted by molar-refractivity contribution is 0.346. The molecule has 5 nitrogen and oxygen atoms in total. The van der Waals surface area contributed by atoms with Gasteiger partial charge < -0.3 is 4.18 Å². The van der Waals surface area contributed by atoms with Crippen molar-refractivity contribution in [3.8, 4) is 17.0 Å². The van der Waals surface area contributed by atoms with Gasteiger partial charge in [-0.15, -0.1) is 0 Å². The van der Waals surface area contributed by atoms with Crippen molar-refractivity contribution in [3.63, 3.8) is 0 Å². The van der Waals surface area contributed by atoms with Gasteiger partial charge >= 0.3 is 10.1 Å². The van der Waals surface area contributed by atoms with Crippen molar-refractivity contribution in [3.05, 3.63) is 82.4 Å². The summed E-state index contributed by atoms with van der Waals surface area (Å²) in [6.45, 7) is 1.80. The summed E-state index contributed by atoms with van der Waals surface area (Å²) >= 11 is 5.98. The summed E-state index contributed by atoms with van der Waals surface area (Å²) < 4.78 is 97.1. The maximum Gasteiger partial charge on any atom is 0.339 e. The molecule has 0 aliphatic carbocycles. The van der Waals surface area contributed by atoms with Crippen LogP contribution in [0.25, 0.3) is 22.2 Å². The van der Waals surface area contributed by atoms with E-state index in [1.807, 2.05) is 0 Å². The van der Waals surface area contributed by atoms with Crippen LogP contribution in [0.5, 0.6) is 5.75 Å². The summed E-state index contributed by atoms with van der Waals surface area (Å²) in [6.07, 6.45) is 1.17. The van der Waals surface area contributed by atoms with Gasteiger partial charge in [0.05, 0.1) is 11.2 Å². The van der Waals surface area contributed by atoms with E-state index in [2.05, 4.69) is 14.2 Å². The SMILES string of the molecule is Cc1cc(Cl)ccc1-c1ncnc2cc(S(=O)(=O)Oc3c(F)c(F)c(F)c(F)c3F)ccc12. The zero-order valence-electron chi connectivity index (χ0n) is 16.3. The topological polar surface area (TPSA) is 69.2 Å². The minimum Gasteiger partial charge on any atom is -0.372 e. The molecule has 0 bridgehead atoms. The van der Waals surface area contributed by atoms with Crippen molar-refractivity contribution in [2.75, 3.05) is 0 Å². The highest BCUT2D eigenvalue weighted by Crippen LogP contribution is 2.33. The molecule has 1 aromatic heterocycles. The number of aromatic nitrogens is 2. The number of hydrogen-bond donors (Lipinski definition) is 0. The van der Waals surface area contributed by atoms with Crippen LogP contribution in [0.3, 0.4) is 0 Å². The van der Waals surface area contributed by atoms with Gasteiger partial charge in [0.15, 0.2) is 0 Å². The van der Waals surface area contributed by atoms with Crippen molar-refractivity contribution in [1.29, 1.82) is 0 Å². The van der Waals surface area contributed by atoms with E-state index < -0.39 is 49.8 Å². The Morgan fingerprint density at radius 1 is 0.848 bits per heavy atom. The van der Waals surface area contributed by atoms with Crippen LogP contribution in [0.4, 0.5) is 22.0 Å². The van der Waals surface area contributed by atoms with Crippen LogP contribution in [0.1, 0.15) is 5.56 Å². The number of rotatable bonds is 4. The lowest BCUT2D eigenvalue weighted by atomic mass is 10.0. The van der Waals surface area contributed by atoms with Gasteiger partial charge in [-0.2, -0.15) is 17.2 Å². The number of aryl methyl sites for hydroxylation is 1. The molecule has 1 heterocycles. The number of nitrogens with zero attached hydrogens (tertiary/aromatic N) is 2. The average Bonchev–Trinajstić information content (AvgIpc) is 2.78. The summed E-state index contributed by atoms with van der Waals surface area (Å²) in [5.74, 6) is -13.9. The van der Waals surface area contributed by atoms with Crippen LogP contribution in [-0.4, -0.2) is 18.4 Å². The van der Waals surface area contributed by atoms with Gasteiger partial charge in [-0.1, -0.05) is 17.7 Å². The van der Waals surface area contributed by atoms with E-state index in [-0.39, 0.29) is 5.52 Å². The molecule has 33 heavy (non-hydrogen) atoms. The molecule has 0 spiro atoms. The van der Waals surface area contributed by atoms with Crippen molar-refractivity contribution < 1.29 is 34.6 Å². The molecule has 0 fully saturated rings. The first-order chi connectivity index (χ1) is 15.5. The minimum atomic E-state index is -5.00. The Balaban J connectivity index is 1.80. The summed E-state index contributed by atoms with van der Waals surface area (Å²) in [5, 5.41) is 0.936. The molecular formula is C21H10ClF5N2O3S. The number of halogens is 6. The molecule has 0 saturated heterocycles. The molecule has 0 N–H and O–H groups in total. The molecule has 4 rings (SSSR count). The first-order valence-corrected chi connectivity index (χ1v) is 10.8. The van der Waals surface area contributed by atoms with Gasteiger partial charge in [-0.3, -0.25) is 0 Å². The van der Waals surface area contributed by atoms with E-state index in [9.17, 15) is 30.4 Å². The highest BCUT2D eigenvalue weighted by atomic mass is 35.5. The van der Waals surface area contributed by atoms with E-state index in [0.29, 0.717) is 21.7 Å². The average molecular weight is 501 g/mol. The van der Waals surface area contributed by atoms with Gasteiger partial charge in [-0.25, -0.2) is 23.1 Å². The highest BCUT2D eigenvalue weighted by molar-refractivity contribution is 7.87. The Kier molecular flexibility index (Phi) is 5.71. The maximum atomic E-state index is 13.9. The van der Waals surface area contributed by atoms with Crippen LogP contribution in [0, 0.1) is 36.0 Å². The van der Waals surface area contributed by atoms with Gasteiger partial charge in [0.1, 0.15) is 11.2 Å². The first-order valence-electron chi connectivity index (χ1n) is 8.98. The molecule has 3 aromatic carbocycles. The molecule has 0 saturated carbocycles. The predicted molar refractivity (Wildman–Crippen MR) is 109 cm³/mol. The van der Waals surface area contributed by atoms with Gasteiger partial charge in [0, 0.05) is 16.0 Å². The van der Waals surface area contributed by atoms with Gasteiger partial charge in [0.2, 0.25) is 34.8 Å². The van der Waals surface area contributed by atoms with Crippen molar-refractivity contribution in [1.82, 2.24) is 9.97 Å². The monoisotopic (exact) mass is 500 g/mol. The third-order valence-corrected chi connectivity index (χ3v) is 6.16. The second-order valence-electron chi connectivity index (χ2n) is 6.80. The van der Waals surface area contributed by atoms with Gasteiger partial charge in [0.25, 0.3) is 0 Å². The normalized spacial score (nSPS) is 11.7. The van der Waals surface area contributed by atoms with E-state index >= 15 is 0 Å². The van der Waals surface area contributed by atoms with Crippen LogP contribution in [-0.2, 0) is 10.1 Å². The second kappa shape index (κ2) is 8.23. The lowest BCUT2D eigenvalue weighted by Gasteiger charge is -2.12. The second-order valence-corrected chi connectivity index (χ2v) is 8.78. The molecule has 0 aliphatic heterocycles. The fraction of sp³-hybridized carbons (Fsp3) is 0.0476. The quantitative estimate of drug-likeness (QED) is 0.155. The largest absolute Gasteiger partial charge is 0.372 e. The van der Waals surface area contributed by atoms with Gasteiger partial charge in [-0.05, 0) is 42.8 Å². The molecule has 0 amide bonds. The first kappa shape index (κ1) is 22.9. The summed E-state index contributed by atoms with van der Waals surface area (Å²) in [4.78, 5) is 7.59. The Morgan fingerprint density at radius 2 is 1.48 bits per heavy atom. The smallest absolute Gasteiger partial charge is 0.339 e. The Labute approximate surface area is 188 Å². The summed E-state index contributed by atoms with van der Waals surface area (Å²) in [7, 11) is -5.00. The minimum absolute atomic E-state index is 0.122. The molecule has 0 radical (unpaired) electrons. The fourth-order valence-electron chi connectivity index (χ4n) is 3.12. The van der Waals surface area contributed by atoms with E-state index in [1.165, 1.54) is 12.4 Å². The highest BCUT2D eigenvalue weighted by Gasteiger charge is 2.31. The Bertz CT molecular complexity index is 1520. The molecule has 0 atom stereocenters. The van der Waals surface area contributed by atoms with E-state index in [0.717, 1.165) is 17.7 Å². The zero-order valence-corrected chi connectivity index (χ0v) is 17.9. The number of benzene rings is 3. The summed E-state index contributed by atoms with van der Waals surface area (Å²) in [5.41, 5.74) is 2.06. The van der Waals surface area contributed by atoms with Crippen LogP contribution >= 0.6 is 11.6 Å². The fourth-order valence-corrected chi connectivity index (χ4v) is 4.29. The van der Waals surface area contributed by atoms with Crippen molar-refractivity contribution in [2.45, 2.75) is 11.8 Å². The molecular weight excluding hydrogens is 491 g/mol. The number of fused-ring (bicyclic) bond motifs is 1. The Hall–Kier alpha value is -3.31. The molecule has 0 unspecified atom stereocenters. The lowest BCUT2D eigenvalue weighted by Crippen LogP contribution is -2.14. The van der Waals surface area contributed by atoms with Crippen molar-refractivity contribution in [2.24, 2.45) is 0 Å². The van der Waals surface area contributed by atoms with E-state index in [4.69, 9.17) is 11.6 Å². The number of hydrogen-bond acceptors (Lipinski definition) is 5. The third kappa shape index (κ3) is 3.98. The Morgan fingerprint density at radius 3 is 2.12 bits per heavy atom. The van der Waals surface area contributed by atoms with Crippen LogP contribution in [0.15, 0.2) is 47.6 Å².